The van der Waals surface area contributed by atoms with E-state index in [-0.39, 0.29) is 23.1 Å². The number of hydrogen-bond acceptors (Lipinski definition) is 4. The summed E-state index contributed by atoms with van der Waals surface area (Å²) in [5.41, 5.74) is 0.481. The average Bonchev–Trinajstić information content (AvgIpc) is 2.38. The molecule has 20 heavy (non-hydrogen) atoms. The zero-order valence-electron chi connectivity index (χ0n) is 11.8. The summed E-state index contributed by atoms with van der Waals surface area (Å²) in [7, 11) is -3.33. The molecule has 0 aliphatic heterocycles. The van der Waals surface area contributed by atoms with E-state index in [1.54, 1.807) is 31.2 Å². The molecule has 0 fully saturated rings. The Hall–Kier alpha value is -1.56. The molecule has 0 saturated heterocycles. The summed E-state index contributed by atoms with van der Waals surface area (Å²) in [6.45, 7) is 3.55. The normalized spacial score (nSPS) is 12.9. The molecule has 112 valence electrons. The van der Waals surface area contributed by atoms with E-state index < -0.39 is 15.8 Å². The van der Waals surface area contributed by atoms with Gasteiger partial charge in [0.2, 0.25) is 0 Å². The number of anilines is 1. The SMILES string of the molecule is CCCC(CC(=O)O)Nc1ccccc1S(=O)(=O)CC. The fourth-order valence-electron chi connectivity index (χ4n) is 2.02. The van der Waals surface area contributed by atoms with E-state index in [0.29, 0.717) is 12.1 Å². The monoisotopic (exact) mass is 299 g/mol. The fourth-order valence-corrected chi connectivity index (χ4v) is 3.08. The van der Waals surface area contributed by atoms with Crippen LogP contribution in [0.2, 0.25) is 0 Å². The molecule has 0 heterocycles. The van der Waals surface area contributed by atoms with E-state index in [4.69, 9.17) is 5.11 Å². The lowest BCUT2D eigenvalue weighted by Crippen LogP contribution is -2.24. The highest BCUT2D eigenvalue weighted by molar-refractivity contribution is 7.91. The van der Waals surface area contributed by atoms with Crippen molar-refractivity contribution in [2.24, 2.45) is 0 Å². The zero-order valence-corrected chi connectivity index (χ0v) is 12.6. The Morgan fingerprint density at radius 1 is 1.30 bits per heavy atom. The quantitative estimate of drug-likeness (QED) is 0.770. The van der Waals surface area contributed by atoms with Gasteiger partial charge in [-0.15, -0.1) is 0 Å². The van der Waals surface area contributed by atoms with Crippen molar-refractivity contribution < 1.29 is 18.3 Å². The van der Waals surface area contributed by atoms with Crippen molar-refractivity contribution in [1.82, 2.24) is 0 Å². The molecule has 0 radical (unpaired) electrons. The molecule has 0 saturated carbocycles. The van der Waals surface area contributed by atoms with Crippen LogP contribution in [0.3, 0.4) is 0 Å². The Morgan fingerprint density at radius 3 is 2.50 bits per heavy atom. The lowest BCUT2D eigenvalue weighted by Gasteiger charge is -2.19. The molecule has 1 aromatic rings. The van der Waals surface area contributed by atoms with E-state index in [1.165, 1.54) is 0 Å². The van der Waals surface area contributed by atoms with Crippen molar-refractivity contribution in [1.29, 1.82) is 0 Å². The molecule has 1 unspecified atom stereocenters. The molecule has 0 aromatic heterocycles. The number of para-hydroxylation sites is 1. The third kappa shape index (κ3) is 4.52. The van der Waals surface area contributed by atoms with Gasteiger partial charge < -0.3 is 10.4 Å². The summed E-state index contributed by atoms with van der Waals surface area (Å²) in [5.74, 6) is -0.880. The van der Waals surface area contributed by atoms with Gasteiger partial charge in [-0.05, 0) is 18.6 Å². The van der Waals surface area contributed by atoms with Crippen LogP contribution in [0.15, 0.2) is 29.2 Å². The fraction of sp³-hybridized carbons (Fsp3) is 0.500. The number of sulfone groups is 1. The molecule has 0 bridgehead atoms. The van der Waals surface area contributed by atoms with E-state index in [1.807, 2.05) is 6.92 Å². The second-order valence-electron chi connectivity index (χ2n) is 4.63. The molecule has 6 heteroatoms. The first kappa shape index (κ1) is 16.5. The second-order valence-corrected chi connectivity index (χ2v) is 6.87. The second kappa shape index (κ2) is 7.28. The first-order valence-electron chi connectivity index (χ1n) is 6.70. The summed E-state index contributed by atoms with van der Waals surface area (Å²) < 4.78 is 24.1. The highest BCUT2D eigenvalue weighted by atomic mass is 32.2. The van der Waals surface area contributed by atoms with Gasteiger partial charge in [-0.3, -0.25) is 4.79 Å². The molecule has 0 spiro atoms. The van der Waals surface area contributed by atoms with Crippen molar-refractivity contribution in [2.75, 3.05) is 11.1 Å². The maximum atomic E-state index is 12.0. The zero-order chi connectivity index (χ0) is 15.2. The van der Waals surface area contributed by atoms with E-state index >= 15 is 0 Å². The molecular formula is C14H21NO4S. The Labute approximate surface area is 119 Å². The minimum Gasteiger partial charge on any atom is -0.481 e. The number of rotatable bonds is 8. The lowest BCUT2D eigenvalue weighted by molar-refractivity contribution is -0.137. The Bertz CT molecular complexity index is 554. The van der Waals surface area contributed by atoms with Crippen molar-refractivity contribution in [3.8, 4) is 0 Å². The molecule has 1 rings (SSSR count). The summed E-state index contributed by atoms with van der Waals surface area (Å²) in [4.78, 5) is 11.1. The first-order chi connectivity index (χ1) is 9.40. The van der Waals surface area contributed by atoms with Gasteiger partial charge in [0.25, 0.3) is 0 Å². The number of nitrogens with one attached hydrogen (secondary N) is 1. The minimum absolute atomic E-state index is 0.0169. The smallest absolute Gasteiger partial charge is 0.305 e. The van der Waals surface area contributed by atoms with Gasteiger partial charge in [0.15, 0.2) is 9.84 Å². The first-order valence-corrected chi connectivity index (χ1v) is 8.36. The van der Waals surface area contributed by atoms with Crippen LogP contribution in [0.25, 0.3) is 0 Å². The van der Waals surface area contributed by atoms with Crippen LogP contribution in [-0.4, -0.2) is 31.3 Å². The molecule has 1 atom stereocenters. The van der Waals surface area contributed by atoms with Gasteiger partial charge in [-0.25, -0.2) is 8.42 Å². The Kier molecular flexibility index (Phi) is 6.01. The number of carboxylic acid groups (broad SMARTS) is 1. The summed E-state index contributed by atoms with van der Waals surface area (Å²) in [5, 5.41) is 12.0. The van der Waals surface area contributed by atoms with Crippen molar-refractivity contribution in [3.63, 3.8) is 0 Å². The molecule has 0 amide bonds. The van der Waals surface area contributed by atoms with Crippen LogP contribution in [-0.2, 0) is 14.6 Å². The highest BCUT2D eigenvalue weighted by Crippen LogP contribution is 2.24. The van der Waals surface area contributed by atoms with Gasteiger partial charge in [-0.1, -0.05) is 32.4 Å². The molecule has 1 aromatic carbocycles. The summed E-state index contributed by atoms with van der Waals surface area (Å²) in [6, 6.07) is 6.35. The Balaban J connectivity index is 3.04. The molecule has 2 N–H and O–H groups in total. The molecule has 0 aliphatic rings. The van der Waals surface area contributed by atoms with Gasteiger partial charge in [-0.2, -0.15) is 0 Å². The largest absolute Gasteiger partial charge is 0.481 e. The molecular weight excluding hydrogens is 278 g/mol. The van der Waals surface area contributed by atoms with Crippen LogP contribution in [0.4, 0.5) is 5.69 Å². The van der Waals surface area contributed by atoms with Gasteiger partial charge >= 0.3 is 5.97 Å². The highest BCUT2D eigenvalue weighted by Gasteiger charge is 2.19. The van der Waals surface area contributed by atoms with Crippen molar-refractivity contribution in [3.05, 3.63) is 24.3 Å². The lowest BCUT2D eigenvalue weighted by atomic mass is 10.1. The number of aliphatic carboxylic acids is 1. The number of carbonyl (C=O) groups is 1. The van der Waals surface area contributed by atoms with E-state index in [0.717, 1.165) is 6.42 Å². The maximum absolute atomic E-state index is 12.0. The topological polar surface area (TPSA) is 83.5 Å². The number of benzene rings is 1. The predicted molar refractivity (Wildman–Crippen MR) is 78.7 cm³/mol. The van der Waals surface area contributed by atoms with Gasteiger partial charge in [0, 0.05) is 6.04 Å². The molecule has 5 nitrogen and oxygen atoms in total. The summed E-state index contributed by atoms with van der Waals surface area (Å²) >= 11 is 0. The van der Waals surface area contributed by atoms with Crippen LogP contribution < -0.4 is 5.32 Å². The predicted octanol–water partition coefficient (Wildman–Crippen LogP) is 2.54. The van der Waals surface area contributed by atoms with Crippen LogP contribution in [0.5, 0.6) is 0 Å². The third-order valence-electron chi connectivity index (χ3n) is 3.02. The maximum Gasteiger partial charge on any atom is 0.305 e. The van der Waals surface area contributed by atoms with Gasteiger partial charge in [0.05, 0.1) is 22.8 Å². The number of carboxylic acids is 1. The van der Waals surface area contributed by atoms with E-state index in [2.05, 4.69) is 5.32 Å². The van der Waals surface area contributed by atoms with Gasteiger partial charge in [0.1, 0.15) is 0 Å². The van der Waals surface area contributed by atoms with Crippen LogP contribution in [0.1, 0.15) is 33.1 Å². The Morgan fingerprint density at radius 2 is 1.95 bits per heavy atom. The van der Waals surface area contributed by atoms with Crippen LogP contribution >= 0.6 is 0 Å². The average molecular weight is 299 g/mol. The molecule has 0 aliphatic carbocycles. The number of hydrogen-bond donors (Lipinski definition) is 2. The minimum atomic E-state index is -3.33. The van der Waals surface area contributed by atoms with Crippen molar-refractivity contribution in [2.45, 2.75) is 44.0 Å². The third-order valence-corrected chi connectivity index (χ3v) is 4.81. The van der Waals surface area contributed by atoms with Crippen LogP contribution in [0, 0.1) is 0 Å². The standard InChI is InChI=1S/C14H21NO4S/c1-3-7-11(10-14(16)17)15-12-8-5-6-9-13(12)20(18,19)4-2/h5-6,8-9,11,15H,3-4,7,10H2,1-2H3,(H,16,17). The van der Waals surface area contributed by atoms with Crippen molar-refractivity contribution >= 4 is 21.5 Å². The van der Waals surface area contributed by atoms with E-state index in [9.17, 15) is 13.2 Å². The summed E-state index contributed by atoms with van der Waals surface area (Å²) in [6.07, 6.45) is 1.47.